The SMILES string of the molecule is COc1ccc(Cl)cc1NC(=O)C(Sc1ccc(NS(=O)(=O)c2cccs2)cc1)c1ccccc1. The average molecular weight is 545 g/mol. The van der Waals surface area contributed by atoms with Crippen molar-refractivity contribution in [2.24, 2.45) is 0 Å². The van der Waals surface area contributed by atoms with Crippen molar-refractivity contribution in [3.05, 3.63) is 101 Å². The maximum atomic E-state index is 13.4. The van der Waals surface area contributed by atoms with Crippen molar-refractivity contribution >= 4 is 62.0 Å². The van der Waals surface area contributed by atoms with Crippen LogP contribution in [0.2, 0.25) is 5.02 Å². The first-order valence-electron chi connectivity index (χ1n) is 10.4. The molecule has 0 radical (unpaired) electrons. The van der Waals surface area contributed by atoms with Crippen LogP contribution in [0.5, 0.6) is 5.75 Å². The molecule has 6 nitrogen and oxygen atoms in total. The number of sulfonamides is 1. The van der Waals surface area contributed by atoms with Crippen LogP contribution in [0.1, 0.15) is 10.8 Å². The molecule has 4 rings (SSSR count). The molecule has 0 saturated carbocycles. The minimum absolute atomic E-state index is 0.244. The van der Waals surface area contributed by atoms with Gasteiger partial charge in [0.15, 0.2) is 0 Å². The highest BCUT2D eigenvalue weighted by Crippen LogP contribution is 2.38. The molecule has 1 atom stereocenters. The third kappa shape index (κ3) is 6.37. The predicted molar refractivity (Wildman–Crippen MR) is 143 cm³/mol. The molecule has 180 valence electrons. The van der Waals surface area contributed by atoms with Crippen molar-refractivity contribution in [2.45, 2.75) is 14.4 Å². The number of methoxy groups -OCH3 is 1. The van der Waals surface area contributed by atoms with E-state index in [1.165, 1.54) is 18.9 Å². The number of rotatable bonds is 9. The Hall–Kier alpha value is -2.98. The van der Waals surface area contributed by atoms with Crippen LogP contribution in [0, 0.1) is 0 Å². The summed E-state index contributed by atoms with van der Waals surface area (Å²) in [5.74, 6) is 0.256. The number of thioether (sulfide) groups is 1. The van der Waals surface area contributed by atoms with Crippen LogP contribution in [0.25, 0.3) is 0 Å². The van der Waals surface area contributed by atoms with E-state index in [9.17, 15) is 13.2 Å². The van der Waals surface area contributed by atoms with E-state index in [4.69, 9.17) is 16.3 Å². The van der Waals surface area contributed by atoms with Crippen molar-refractivity contribution in [1.82, 2.24) is 0 Å². The van der Waals surface area contributed by atoms with Gasteiger partial charge in [0.05, 0.1) is 12.8 Å². The molecule has 4 aromatic rings. The molecule has 0 aliphatic carbocycles. The van der Waals surface area contributed by atoms with Crippen LogP contribution in [-0.2, 0) is 14.8 Å². The number of thiophene rings is 1. The van der Waals surface area contributed by atoms with Crippen molar-refractivity contribution in [3.8, 4) is 5.75 Å². The molecule has 1 amide bonds. The van der Waals surface area contributed by atoms with Crippen LogP contribution in [0.3, 0.4) is 0 Å². The zero-order valence-electron chi connectivity index (χ0n) is 18.5. The van der Waals surface area contributed by atoms with E-state index in [1.54, 1.807) is 60.0 Å². The Kier molecular flexibility index (Phi) is 8.02. The van der Waals surface area contributed by atoms with Gasteiger partial charge in [-0.3, -0.25) is 9.52 Å². The summed E-state index contributed by atoms with van der Waals surface area (Å²) in [4.78, 5) is 14.2. The summed E-state index contributed by atoms with van der Waals surface area (Å²) < 4.78 is 33.1. The minimum atomic E-state index is -3.63. The minimum Gasteiger partial charge on any atom is -0.495 e. The third-order valence-corrected chi connectivity index (χ3v) is 9.16. The molecule has 1 heterocycles. The highest BCUT2D eigenvalue weighted by Gasteiger charge is 2.23. The second kappa shape index (κ2) is 11.2. The number of carbonyl (C=O) groups is 1. The molecule has 35 heavy (non-hydrogen) atoms. The monoisotopic (exact) mass is 544 g/mol. The van der Waals surface area contributed by atoms with Crippen molar-refractivity contribution < 1.29 is 17.9 Å². The van der Waals surface area contributed by atoms with E-state index in [2.05, 4.69) is 10.0 Å². The van der Waals surface area contributed by atoms with Crippen molar-refractivity contribution in [3.63, 3.8) is 0 Å². The lowest BCUT2D eigenvalue weighted by Gasteiger charge is -2.18. The summed E-state index contributed by atoms with van der Waals surface area (Å²) in [6.45, 7) is 0. The summed E-state index contributed by atoms with van der Waals surface area (Å²) >= 11 is 8.62. The summed E-state index contributed by atoms with van der Waals surface area (Å²) in [5.41, 5.74) is 1.73. The standard InChI is InChI=1S/C25H21ClN2O4S3/c1-32-22-14-9-18(26)16-21(22)27-25(29)24(17-6-3-2-4-7-17)34-20-12-10-19(11-13-20)28-35(30,31)23-8-5-15-33-23/h2-16,24,28H,1H3,(H,27,29). The van der Waals surface area contributed by atoms with Crippen LogP contribution >= 0.6 is 34.7 Å². The maximum absolute atomic E-state index is 13.4. The lowest BCUT2D eigenvalue weighted by atomic mass is 10.1. The first kappa shape index (κ1) is 25.1. The number of anilines is 2. The van der Waals surface area contributed by atoms with Gasteiger partial charge in [0.25, 0.3) is 10.0 Å². The van der Waals surface area contributed by atoms with Crippen LogP contribution in [0.4, 0.5) is 11.4 Å². The summed E-state index contributed by atoms with van der Waals surface area (Å²) in [5, 5.41) is 4.53. The van der Waals surface area contributed by atoms with Gasteiger partial charge in [-0.05, 0) is 59.5 Å². The van der Waals surface area contributed by atoms with Gasteiger partial charge in [-0.2, -0.15) is 0 Å². The van der Waals surface area contributed by atoms with Crippen LogP contribution < -0.4 is 14.8 Å². The number of halogens is 1. The first-order chi connectivity index (χ1) is 16.9. The molecule has 0 aliphatic rings. The van der Waals surface area contributed by atoms with Gasteiger partial charge in [0, 0.05) is 15.6 Å². The lowest BCUT2D eigenvalue weighted by Crippen LogP contribution is -2.19. The largest absolute Gasteiger partial charge is 0.495 e. The van der Waals surface area contributed by atoms with Crippen LogP contribution in [-0.4, -0.2) is 21.4 Å². The second-order valence-corrected chi connectivity index (χ2v) is 11.8. The molecular weight excluding hydrogens is 524 g/mol. The molecule has 0 saturated heterocycles. The highest BCUT2D eigenvalue weighted by atomic mass is 35.5. The molecule has 0 fully saturated rings. The zero-order chi connectivity index (χ0) is 24.8. The molecule has 0 aliphatic heterocycles. The van der Waals surface area contributed by atoms with Gasteiger partial charge in [0.1, 0.15) is 15.2 Å². The van der Waals surface area contributed by atoms with Crippen LogP contribution in [0.15, 0.2) is 99.4 Å². The van der Waals surface area contributed by atoms with Gasteiger partial charge in [-0.25, -0.2) is 8.42 Å². The van der Waals surface area contributed by atoms with Gasteiger partial charge in [0.2, 0.25) is 5.91 Å². The Labute approximate surface area is 217 Å². The van der Waals surface area contributed by atoms with Gasteiger partial charge in [-0.15, -0.1) is 23.1 Å². The molecule has 0 bridgehead atoms. The normalized spacial score (nSPS) is 12.1. The Balaban J connectivity index is 1.54. The average Bonchev–Trinajstić information content (AvgIpc) is 3.40. The first-order valence-corrected chi connectivity index (χ1v) is 14.0. The summed E-state index contributed by atoms with van der Waals surface area (Å²) in [7, 11) is -2.11. The number of benzene rings is 3. The fraction of sp³-hybridized carbons (Fsp3) is 0.0800. The predicted octanol–water partition coefficient (Wildman–Crippen LogP) is 6.68. The number of hydrogen-bond donors (Lipinski definition) is 2. The van der Waals surface area contributed by atoms with E-state index < -0.39 is 15.3 Å². The number of amides is 1. The Morgan fingerprint density at radius 2 is 1.74 bits per heavy atom. The molecule has 1 aromatic heterocycles. The van der Waals surface area contributed by atoms with E-state index in [0.717, 1.165) is 21.8 Å². The number of carbonyl (C=O) groups excluding carboxylic acids is 1. The topological polar surface area (TPSA) is 84.5 Å². The molecule has 2 N–H and O–H groups in total. The Morgan fingerprint density at radius 3 is 2.40 bits per heavy atom. The number of nitrogens with one attached hydrogen (secondary N) is 2. The maximum Gasteiger partial charge on any atom is 0.271 e. The van der Waals surface area contributed by atoms with E-state index in [-0.39, 0.29) is 10.1 Å². The summed E-state index contributed by atoms with van der Waals surface area (Å²) in [6.07, 6.45) is 0. The zero-order valence-corrected chi connectivity index (χ0v) is 21.7. The van der Waals surface area contributed by atoms with Gasteiger partial charge >= 0.3 is 0 Å². The molecule has 0 spiro atoms. The quantitative estimate of drug-likeness (QED) is 0.229. The van der Waals surface area contributed by atoms with E-state index in [0.29, 0.717) is 22.1 Å². The third-order valence-electron chi connectivity index (χ3n) is 4.88. The summed E-state index contributed by atoms with van der Waals surface area (Å²) in [6, 6.07) is 24.6. The highest BCUT2D eigenvalue weighted by molar-refractivity contribution is 8.00. The second-order valence-electron chi connectivity index (χ2n) is 7.30. The van der Waals surface area contributed by atoms with E-state index in [1.807, 2.05) is 30.3 Å². The molecule has 1 unspecified atom stereocenters. The smallest absolute Gasteiger partial charge is 0.271 e. The number of ether oxygens (including phenoxy) is 1. The van der Waals surface area contributed by atoms with Crippen molar-refractivity contribution in [1.29, 1.82) is 0 Å². The Bertz CT molecular complexity index is 1390. The lowest BCUT2D eigenvalue weighted by molar-refractivity contribution is -0.115. The fourth-order valence-corrected chi connectivity index (χ4v) is 6.48. The number of hydrogen-bond acceptors (Lipinski definition) is 6. The van der Waals surface area contributed by atoms with Crippen molar-refractivity contribution in [2.75, 3.05) is 17.1 Å². The Morgan fingerprint density at radius 1 is 1.00 bits per heavy atom. The molecular formula is C25H21ClN2O4S3. The molecule has 10 heteroatoms. The van der Waals surface area contributed by atoms with Gasteiger partial charge < -0.3 is 10.1 Å². The fourth-order valence-electron chi connectivity index (χ4n) is 3.24. The van der Waals surface area contributed by atoms with E-state index >= 15 is 0 Å². The van der Waals surface area contributed by atoms with Gasteiger partial charge in [-0.1, -0.05) is 48.0 Å². The molecule has 3 aromatic carbocycles.